The van der Waals surface area contributed by atoms with Gasteiger partial charge in [-0.3, -0.25) is 14.4 Å². The van der Waals surface area contributed by atoms with Gasteiger partial charge in [0.1, 0.15) is 12.3 Å². The third-order valence-corrected chi connectivity index (χ3v) is 11.2. The smallest absolute Gasteiger partial charge is 0.328 e. The fourth-order valence-electron chi connectivity index (χ4n) is 7.71. The lowest BCUT2D eigenvalue weighted by Gasteiger charge is -2.35. The molecule has 2 aliphatic rings. The molecule has 1 aromatic carbocycles. The highest BCUT2D eigenvalue weighted by atomic mass is 16.5. The van der Waals surface area contributed by atoms with E-state index in [1.807, 2.05) is 42.3 Å². The van der Waals surface area contributed by atoms with Gasteiger partial charge in [0, 0.05) is 39.3 Å². The number of likely N-dealkylation sites (N-methyl/N-ethyl adjacent to an activating group) is 1. The van der Waals surface area contributed by atoms with Crippen molar-refractivity contribution in [3.8, 4) is 0 Å². The molecule has 0 bridgehead atoms. The number of aldehydes is 1. The van der Waals surface area contributed by atoms with Gasteiger partial charge in [0.2, 0.25) is 18.7 Å². The van der Waals surface area contributed by atoms with Crippen molar-refractivity contribution in [3.63, 3.8) is 0 Å². The predicted molar refractivity (Wildman–Crippen MR) is 239 cm³/mol. The van der Waals surface area contributed by atoms with Gasteiger partial charge >= 0.3 is 5.97 Å². The number of carbonyl (C=O) groups excluding carboxylic acids is 5. The minimum atomic E-state index is -0.616. The Bertz CT molecular complexity index is 1240. The fourth-order valence-corrected chi connectivity index (χ4v) is 7.71. The minimum Gasteiger partial charge on any atom is -0.467 e. The van der Waals surface area contributed by atoms with Crippen LogP contribution in [0, 0.1) is 23.7 Å². The first-order chi connectivity index (χ1) is 28.1. The van der Waals surface area contributed by atoms with Crippen LogP contribution in [-0.4, -0.2) is 132 Å². The van der Waals surface area contributed by atoms with E-state index in [-0.39, 0.29) is 24.6 Å². The van der Waals surface area contributed by atoms with Crippen LogP contribution in [0.2, 0.25) is 0 Å². The Kier molecular flexibility index (Phi) is 33.6. The summed E-state index contributed by atoms with van der Waals surface area (Å²) in [5, 5.41) is 8.35. The van der Waals surface area contributed by atoms with Crippen LogP contribution >= 0.6 is 0 Å². The van der Waals surface area contributed by atoms with Gasteiger partial charge in [0.05, 0.1) is 37.9 Å². The zero-order valence-electron chi connectivity index (χ0n) is 39.5. The number of ether oxygens (including phenoxy) is 3. The molecule has 8 unspecified atom stereocenters. The van der Waals surface area contributed by atoms with Crippen LogP contribution in [-0.2, 0) is 44.6 Å². The molecular weight excluding hydrogens is 751 g/mol. The normalized spacial score (nSPS) is 21.8. The number of nitrogens with one attached hydrogen (secondary N) is 3. The lowest BCUT2D eigenvalue weighted by Crippen LogP contribution is -2.45. The van der Waals surface area contributed by atoms with Crippen molar-refractivity contribution in [3.05, 3.63) is 35.9 Å². The molecule has 0 radical (unpaired) electrons. The third-order valence-electron chi connectivity index (χ3n) is 11.2. The summed E-state index contributed by atoms with van der Waals surface area (Å²) >= 11 is 0. The SMILES string of the molecule is CCC.CCC(C)C(C(CC)OC)N(C)C.CCC1NC(C(=O)NCC=O)C(C)[C@@H]1C.COC(=O)[C@H](Cc1ccccc1)NC=O.COC(C(C)C)C1CCCN1C=O. The minimum absolute atomic E-state index is 0.0580. The van der Waals surface area contributed by atoms with Crippen molar-refractivity contribution < 1.29 is 38.2 Å². The van der Waals surface area contributed by atoms with E-state index in [2.05, 4.69) is 109 Å². The molecule has 0 aliphatic carbocycles. The van der Waals surface area contributed by atoms with Crippen LogP contribution in [0.25, 0.3) is 0 Å². The molecule has 59 heavy (non-hydrogen) atoms. The highest BCUT2D eigenvalue weighted by molar-refractivity contribution is 5.84. The molecule has 0 aromatic heterocycles. The third kappa shape index (κ3) is 21.6. The summed E-state index contributed by atoms with van der Waals surface area (Å²) in [5.74, 6) is 1.49. The van der Waals surface area contributed by atoms with E-state index < -0.39 is 12.0 Å². The zero-order chi connectivity index (χ0) is 45.5. The lowest BCUT2D eigenvalue weighted by molar-refractivity contribution is -0.144. The number of nitrogens with zero attached hydrogens (tertiary/aromatic N) is 2. The number of carbonyl (C=O) groups is 5. The molecule has 13 nitrogen and oxygen atoms in total. The van der Waals surface area contributed by atoms with Crippen LogP contribution in [0.3, 0.4) is 0 Å². The first kappa shape index (κ1) is 57.7. The van der Waals surface area contributed by atoms with Gasteiger partial charge in [-0.1, -0.05) is 112 Å². The van der Waals surface area contributed by atoms with Crippen molar-refractivity contribution in [2.75, 3.05) is 48.5 Å². The number of esters is 1. The fraction of sp³-hybridized carbons (Fsp3) is 0.761. The molecule has 2 saturated heterocycles. The molecule has 3 N–H and O–H groups in total. The van der Waals surface area contributed by atoms with Gasteiger partial charge in [0.25, 0.3) is 0 Å². The second-order valence-electron chi connectivity index (χ2n) is 16.1. The Morgan fingerprint density at radius 2 is 1.54 bits per heavy atom. The van der Waals surface area contributed by atoms with Crippen molar-refractivity contribution in [1.82, 2.24) is 25.8 Å². The molecule has 2 heterocycles. The number of likely N-dealkylation sites (tertiary alicyclic amines) is 1. The monoisotopic (exact) mass is 836 g/mol. The topological polar surface area (TPSA) is 156 Å². The Labute approximate surface area is 358 Å². The molecule has 342 valence electrons. The van der Waals surface area contributed by atoms with Crippen molar-refractivity contribution in [2.45, 2.75) is 157 Å². The molecular formula is C46H85N5O8. The summed E-state index contributed by atoms with van der Waals surface area (Å²) in [6, 6.07) is 9.92. The second-order valence-corrected chi connectivity index (χ2v) is 16.1. The lowest BCUT2D eigenvalue weighted by atomic mass is 9.89. The number of methoxy groups -OCH3 is 3. The Morgan fingerprint density at radius 3 is 1.95 bits per heavy atom. The average Bonchev–Trinajstić information content (AvgIpc) is 3.82. The Morgan fingerprint density at radius 1 is 0.932 bits per heavy atom. The molecule has 2 aliphatic heterocycles. The van der Waals surface area contributed by atoms with E-state index in [4.69, 9.17) is 9.47 Å². The van der Waals surface area contributed by atoms with Gasteiger partial charge in [-0.05, 0) is 69.0 Å². The Balaban J connectivity index is 0. The predicted octanol–water partition coefficient (Wildman–Crippen LogP) is 5.92. The Hall–Kier alpha value is -3.39. The van der Waals surface area contributed by atoms with Gasteiger partial charge in [-0.2, -0.15) is 0 Å². The quantitative estimate of drug-likeness (QED) is 0.113. The molecule has 3 amide bonds. The maximum absolute atomic E-state index is 11.7. The van der Waals surface area contributed by atoms with Crippen LogP contribution in [0.1, 0.15) is 113 Å². The van der Waals surface area contributed by atoms with Crippen LogP contribution < -0.4 is 16.0 Å². The molecule has 0 spiro atoms. The van der Waals surface area contributed by atoms with E-state index >= 15 is 0 Å². The van der Waals surface area contributed by atoms with Crippen molar-refractivity contribution in [2.24, 2.45) is 23.7 Å². The standard InChI is InChI=1S/C11H20N2O2.C11H13NO3.C11H25NO.C10H19NO2.C3H8/c1-4-9-7(2)8(3)10(13-9)11(15)12-5-6-14;1-15-11(14)10(12-8-13)7-9-5-3-2-4-6-9;1-7-9(3)11(12(4)5)10(8-2)13-6;1-8(2)10(13-3)9-5-4-6-11(9)7-12;1-3-2/h6-10,13H,4-5H2,1-3H3,(H,12,15);2-6,8,10H,7H2,1H3,(H,12,13);9-11H,7-8H2,1-6H3;7-10H,4-6H2,1-3H3;3H2,1-2H3/t7-,8?,9?,10?;10-;;;/m00.../s1. The molecule has 0 saturated carbocycles. The van der Waals surface area contributed by atoms with Crippen LogP contribution in [0.5, 0.6) is 0 Å². The molecule has 13 heteroatoms. The first-order valence-electron chi connectivity index (χ1n) is 21.8. The zero-order valence-corrected chi connectivity index (χ0v) is 39.5. The van der Waals surface area contributed by atoms with E-state index in [0.717, 1.165) is 44.2 Å². The van der Waals surface area contributed by atoms with Gasteiger partial charge in [-0.25, -0.2) is 4.79 Å². The van der Waals surface area contributed by atoms with E-state index in [1.165, 1.54) is 20.0 Å². The number of rotatable bonds is 19. The van der Waals surface area contributed by atoms with Crippen molar-refractivity contribution >= 4 is 31.0 Å². The molecule has 2 fully saturated rings. The highest BCUT2D eigenvalue weighted by Gasteiger charge is 2.40. The first-order valence-corrected chi connectivity index (χ1v) is 21.8. The molecule has 10 atom stereocenters. The van der Waals surface area contributed by atoms with E-state index in [1.54, 1.807) is 7.11 Å². The summed E-state index contributed by atoms with van der Waals surface area (Å²) in [5.41, 5.74) is 0.974. The van der Waals surface area contributed by atoms with Crippen LogP contribution in [0.15, 0.2) is 30.3 Å². The van der Waals surface area contributed by atoms with Crippen molar-refractivity contribution in [1.29, 1.82) is 0 Å². The maximum Gasteiger partial charge on any atom is 0.328 e. The number of benzene rings is 1. The van der Waals surface area contributed by atoms with Crippen LogP contribution in [0.4, 0.5) is 0 Å². The number of amides is 3. The average molecular weight is 836 g/mol. The second kappa shape index (κ2) is 34.3. The number of hydrogen-bond donors (Lipinski definition) is 3. The van der Waals surface area contributed by atoms with Gasteiger partial charge in [-0.15, -0.1) is 0 Å². The number of hydrogen-bond acceptors (Lipinski definition) is 10. The summed E-state index contributed by atoms with van der Waals surface area (Å²) < 4.78 is 15.5. The summed E-state index contributed by atoms with van der Waals surface area (Å²) in [6.45, 7) is 22.6. The van der Waals surface area contributed by atoms with E-state index in [9.17, 15) is 24.0 Å². The largest absolute Gasteiger partial charge is 0.467 e. The summed E-state index contributed by atoms with van der Waals surface area (Å²) in [6.07, 6.45) is 9.92. The maximum atomic E-state index is 11.7. The van der Waals surface area contributed by atoms with E-state index in [0.29, 0.717) is 67.0 Å². The summed E-state index contributed by atoms with van der Waals surface area (Å²) in [7, 11) is 9.11. The summed E-state index contributed by atoms with van der Waals surface area (Å²) in [4.78, 5) is 58.3. The molecule has 3 rings (SSSR count). The highest BCUT2D eigenvalue weighted by Crippen LogP contribution is 2.28. The molecule has 1 aromatic rings. The van der Waals surface area contributed by atoms with Gasteiger partial charge in [0.15, 0.2) is 0 Å². The van der Waals surface area contributed by atoms with Gasteiger partial charge < -0.3 is 44.8 Å².